The van der Waals surface area contributed by atoms with Crippen LogP contribution in [0.2, 0.25) is 0 Å². The van der Waals surface area contributed by atoms with Gasteiger partial charge in [-0.15, -0.1) is 0 Å². The van der Waals surface area contributed by atoms with Gasteiger partial charge in [0.05, 0.1) is 6.67 Å². The summed E-state index contributed by atoms with van der Waals surface area (Å²) < 4.78 is 18.8. The van der Waals surface area contributed by atoms with E-state index in [9.17, 15) is 4.39 Å². The van der Waals surface area contributed by atoms with Crippen LogP contribution in [0.1, 0.15) is 53.5 Å². The molecule has 1 fully saturated rings. The lowest BCUT2D eigenvalue weighted by molar-refractivity contribution is 0.198. The number of ether oxygens (including phenoxy) is 1. The molecule has 0 saturated carbocycles. The number of hydrogen-bond acceptors (Lipinski definition) is 3. The van der Waals surface area contributed by atoms with Crippen LogP contribution >= 0.6 is 0 Å². The zero-order chi connectivity index (χ0) is 24.2. The van der Waals surface area contributed by atoms with E-state index in [1.807, 2.05) is 6.07 Å². The summed E-state index contributed by atoms with van der Waals surface area (Å²) in [6.45, 7) is 4.62. The molecule has 0 amide bonds. The summed E-state index contributed by atoms with van der Waals surface area (Å²) in [6.07, 6.45) is 4.93. The van der Waals surface area contributed by atoms with Crippen molar-refractivity contribution in [2.24, 2.45) is 0 Å². The van der Waals surface area contributed by atoms with Gasteiger partial charge < -0.3 is 10.5 Å². The summed E-state index contributed by atoms with van der Waals surface area (Å²) in [7, 11) is 0. The molecule has 0 aromatic heterocycles. The van der Waals surface area contributed by atoms with Crippen LogP contribution in [0.15, 0.2) is 66.7 Å². The zero-order valence-electron chi connectivity index (χ0n) is 20.6. The van der Waals surface area contributed by atoms with Gasteiger partial charge in [-0.1, -0.05) is 42.5 Å². The van der Waals surface area contributed by atoms with Crippen molar-refractivity contribution in [3.8, 4) is 5.75 Å². The Balaban J connectivity index is 1.47. The van der Waals surface area contributed by atoms with Crippen molar-refractivity contribution in [3.63, 3.8) is 0 Å². The third kappa shape index (κ3) is 5.28. The van der Waals surface area contributed by atoms with Gasteiger partial charge in [0.25, 0.3) is 0 Å². The van der Waals surface area contributed by atoms with E-state index >= 15 is 0 Å². The first-order chi connectivity index (χ1) is 17.1. The molecule has 1 atom stereocenters. The number of halogens is 1. The molecule has 1 aliphatic carbocycles. The first-order valence-electron chi connectivity index (χ1n) is 12.9. The number of fused-ring (bicyclic) bond motifs is 1. The van der Waals surface area contributed by atoms with E-state index in [2.05, 4.69) is 72.5 Å². The quantitative estimate of drug-likeness (QED) is 0.391. The number of anilines is 1. The van der Waals surface area contributed by atoms with Crippen LogP contribution in [0.3, 0.4) is 0 Å². The lowest BCUT2D eigenvalue weighted by atomic mass is 9.86. The van der Waals surface area contributed by atoms with Crippen LogP contribution in [0, 0.1) is 6.92 Å². The van der Waals surface area contributed by atoms with E-state index in [-0.39, 0.29) is 12.8 Å². The minimum Gasteiger partial charge on any atom is -0.489 e. The molecule has 0 bridgehead atoms. The van der Waals surface area contributed by atoms with Crippen LogP contribution in [0.5, 0.6) is 5.75 Å². The van der Waals surface area contributed by atoms with Gasteiger partial charge in [0.15, 0.2) is 0 Å². The lowest BCUT2D eigenvalue weighted by Gasteiger charge is -2.19. The largest absolute Gasteiger partial charge is 0.489 e. The molecule has 1 aliphatic heterocycles. The smallest absolute Gasteiger partial charge is 0.119 e. The summed E-state index contributed by atoms with van der Waals surface area (Å²) in [5.74, 6) is 0.898. The molecule has 3 aromatic carbocycles. The van der Waals surface area contributed by atoms with E-state index in [4.69, 9.17) is 10.5 Å². The van der Waals surface area contributed by atoms with E-state index in [0.717, 1.165) is 56.8 Å². The van der Waals surface area contributed by atoms with Crippen molar-refractivity contribution >= 4 is 16.8 Å². The topological polar surface area (TPSA) is 38.5 Å². The molecule has 3 nitrogen and oxygen atoms in total. The molecule has 0 spiro atoms. The predicted molar refractivity (Wildman–Crippen MR) is 143 cm³/mol. The molecule has 0 radical (unpaired) electrons. The molecule has 182 valence electrons. The predicted octanol–water partition coefficient (Wildman–Crippen LogP) is 6.69. The number of alkyl halides is 1. The molecule has 2 N–H and O–H groups in total. The summed E-state index contributed by atoms with van der Waals surface area (Å²) >= 11 is 0. The second-order valence-corrected chi connectivity index (χ2v) is 9.83. The molecule has 1 unspecified atom stereocenters. The van der Waals surface area contributed by atoms with Crippen LogP contribution in [-0.4, -0.2) is 37.3 Å². The standard InChI is InChI=1S/C31H35FN2O/c1-22-6-2-3-8-28(22)30-9-4-7-24-20-25(33)12-15-29(24)31(30)23-10-13-26(14-11-23)35-27-16-19-34(21-27)18-5-17-32/h2-3,6,8,10-15,20,27H,4-5,7,9,16-19,21,33H2,1H3. The number of likely N-dealkylation sites (tertiary alicyclic amines) is 1. The van der Waals surface area contributed by atoms with E-state index < -0.39 is 0 Å². The van der Waals surface area contributed by atoms with Crippen molar-refractivity contribution < 1.29 is 9.13 Å². The highest BCUT2D eigenvalue weighted by Gasteiger charge is 2.24. The Hall–Kier alpha value is -3.11. The maximum absolute atomic E-state index is 12.5. The molecule has 3 aromatic rings. The van der Waals surface area contributed by atoms with Crippen molar-refractivity contribution in [2.75, 3.05) is 32.0 Å². The number of allylic oxidation sites excluding steroid dienone is 1. The van der Waals surface area contributed by atoms with E-state index in [0.29, 0.717) is 6.42 Å². The minimum atomic E-state index is -0.250. The van der Waals surface area contributed by atoms with Crippen molar-refractivity contribution in [3.05, 3.63) is 94.5 Å². The third-order valence-corrected chi connectivity index (χ3v) is 7.33. The number of aryl methyl sites for hydroxylation is 2. The molecular weight excluding hydrogens is 435 g/mol. The number of nitrogen functional groups attached to an aromatic ring is 1. The first-order valence-corrected chi connectivity index (χ1v) is 12.9. The Morgan fingerprint density at radius 1 is 1.00 bits per heavy atom. The maximum atomic E-state index is 12.5. The monoisotopic (exact) mass is 470 g/mol. The molecule has 1 heterocycles. The highest BCUT2D eigenvalue weighted by molar-refractivity contribution is 6.00. The maximum Gasteiger partial charge on any atom is 0.119 e. The minimum absolute atomic E-state index is 0.170. The average molecular weight is 471 g/mol. The summed E-state index contributed by atoms with van der Waals surface area (Å²) in [5.41, 5.74) is 16.1. The SMILES string of the molecule is Cc1ccccc1C1=C(c2ccc(OC3CCN(CCCF)C3)cc2)c2ccc(N)cc2CCC1. The summed E-state index contributed by atoms with van der Waals surface area (Å²) in [6, 6.07) is 23.6. The Morgan fingerprint density at radius 3 is 2.63 bits per heavy atom. The second kappa shape index (κ2) is 10.7. The average Bonchev–Trinajstić information content (AvgIpc) is 3.22. The van der Waals surface area contributed by atoms with Crippen LogP contribution in [-0.2, 0) is 6.42 Å². The van der Waals surface area contributed by atoms with Gasteiger partial charge in [0.2, 0.25) is 0 Å². The Kier molecular flexibility index (Phi) is 7.19. The van der Waals surface area contributed by atoms with Crippen LogP contribution in [0.4, 0.5) is 10.1 Å². The van der Waals surface area contributed by atoms with E-state index in [1.54, 1.807) is 0 Å². The lowest BCUT2D eigenvalue weighted by Crippen LogP contribution is -2.26. The van der Waals surface area contributed by atoms with Crippen molar-refractivity contribution in [2.45, 2.75) is 45.1 Å². The van der Waals surface area contributed by atoms with Gasteiger partial charge in [-0.05, 0) is 102 Å². The van der Waals surface area contributed by atoms with E-state index in [1.165, 1.54) is 39.0 Å². The number of rotatable bonds is 7. The Morgan fingerprint density at radius 2 is 1.83 bits per heavy atom. The molecular formula is C31H35FN2O. The number of nitrogens with two attached hydrogens (primary N) is 1. The van der Waals surface area contributed by atoms with Crippen molar-refractivity contribution in [1.29, 1.82) is 0 Å². The van der Waals surface area contributed by atoms with Gasteiger partial charge in [-0.25, -0.2) is 0 Å². The molecule has 1 saturated heterocycles. The second-order valence-electron chi connectivity index (χ2n) is 9.83. The number of hydrogen-bond donors (Lipinski definition) is 1. The molecule has 2 aliphatic rings. The van der Waals surface area contributed by atoms with Gasteiger partial charge >= 0.3 is 0 Å². The highest BCUT2D eigenvalue weighted by Crippen LogP contribution is 2.41. The van der Waals surface area contributed by atoms with Gasteiger partial charge in [-0.3, -0.25) is 9.29 Å². The zero-order valence-corrected chi connectivity index (χ0v) is 20.6. The Labute approximate surface area is 208 Å². The first kappa shape index (κ1) is 23.6. The summed E-state index contributed by atoms with van der Waals surface area (Å²) in [4.78, 5) is 2.30. The van der Waals surface area contributed by atoms with Crippen LogP contribution < -0.4 is 10.5 Å². The normalized spacial score (nSPS) is 18.4. The van der Waals surface area contributed by atoms with Crippen LogP contribution in [0.25, 0.3) is 11.1 Å². The van der Waals surface area contributed by atoms with Gasteiger partial charge in [0.1, 0.15) is 11.9 Å². The fraction of sp³-hybridized carbons (Fsp3) is 0.355. The van der Waals surface area contributed by atoms with Crippen molar-refractivity contribution in [1.82, 2.24) is 4.90 Å². The molecule has 4 heteroatoms. The fourth-order valence-electron chi connectivity index (χ4n) is 5.59. The summed E-state index contributed by atoms with van der Waals surface area (Å²) in [5, 5.41) is 0. The highest BCUT2D eigenvalue weighted by atomic mass is 19.1. The third-order valence-electron chi connectivity index (χ3n) is 7.33. The number of nitrogens with zero attached hydrogens (tertiary/aromatic N) is 1. The fourth-order valence-corrected chi connectivity index (χ4v) is 5.59. The molecule has 5 rings (SSSR count). The Bertz CT molecular complexity index is 1200. The van der Waals surface area contributed by atoms with Gasteiger partial charge in [0, 0.05) is 25.3 Å². The number of benzene rings is 3. The van der Waals surface area contributed by atoms with Gasteiger partial charge in [-0.2, -0.15) is 0 Å². The molecule has 35 heavy (non-hydrogen) atoms.